The number of rotatable bonds is 3. The van der Waals surface area contributed by atoms with E-state index >= 15 is 0 Å². The van der Waals surface area contributed by atoms with Crippen molar-refractivity contribution in [1.82, 2.24) is 9.59 Å². The first-order valence-electron chi connectivity index (χ1n) is 6.40. The van der Waals surface area contributed by atoms with Gasteiger partial charge in [-0.25, -0.2) is 0 Å². The van der Waals surface area contributed by atoms with E-state index in [1.807, 2.05) is 45.0 Å². The van der Waals surface area contributed by atoms with Gasteiger partial charge in [-0.3, -0.25) is 4.79 Å². The largest absolute Gasteiger partial charge is 0.288 e. The summed E-state index contributed by atoms with van der Waals surface area (Å²) in [7, 11) is 0. The standard InChI is InChI=1S/C15H18N2OS/c1-5-10-7-6-8-11(9-10)12(18)13-14(15(2,3)4)16-17-19-13/h6-9H,5H2,1-4H3. The van der Waals surface area contributed by atoms with Crippen molar-refractivity contribution in [2.45, 2.75) is 39.5 Å². The van der Waals surface area contributed by atoms with Crippen LogP contribution in [0.5, 0.6) is 0 Å². The molecule has 1 aromatic carbocycles. The Morgan fingerprint density at radius 2 is 2.05 bits per heavy atom. The van der Waals surface area contributed by atoms with Gasteiger partial charge in [0.2, 0.25) is 5.78 Å². The molecule has 0 unspecified atom stereocenters. The van der Waals surface area contributed by atoms with Crippen LogP contribution >= 0.6 is 11.5 Å². The molecule has 1 aromatic heterocycles. The van der Waals surface area contributed by atoms with Gasteiger partial charge in [0.25, 0.3) is 0 Å². The van der Waals surface area contributed by atoms with Gasteiger partial charge < -0.3 is 0 Å². The summed E-state index contributed by atoms with van der Waals surface area (Å²) in [6.45, 7) is 8.22. The molecular formula is C15H18N2OS. The van der Waals surface area contributed by atoms with E-state index in [1.54, 1.807) is 0 Å². The van der Waals surface area contributed by atoms with Crippen molar-refractivity contribution in [2.24, 2.45) is 0 Å². The molecule has 0 atom stereocenters. The summed E-state index contributed by atoms with van der Waals surface area (Å²) in [4.78, 5) is 13.2. The Balaban J connectivity index is 2.42. The van der Waals surface area contributed by atoms with Crippen molar-refractivity contribution < 1.29 is 4.79 Å². The molecule has 0 saturated heterocycles. The monoisotopic (exact) mass is 274 g/mol. The SMILES string of the molecule is CCc1cccc(C(=O)c2snnc2C(C)(C)C)c1. The van der Waals surface area contributed by atoms with E-state index in [9.17, 15) is 4.79 Å². The molecule has 0 fully saturated rings. The van der Waals surface area contributed by atoms with Gasteiger partial charge in [0.15, 0.2) is 0 Å². The number of aromatic nitrogens is 2. The van der Waals surface area contributed by atoms with E-state index in [-0.39, 0.29) is 11.2 Å². The van der Waals surface area contributed by atoms with E-state index in [4.69, 9.17) is 0 Å². The van der Waals surface area contributed by atoms with Crippen molar-refractivity contribution in [1.29, 1.82) is 0 Å². The maximum absolute atomic E-state index is 12.6. The Bertz CT molecular complexity index is 596. The van der Waals surface area contributed by atoms with Gasteiger partial charge in [0.05, 0.1) is 5.69 Å². The van der Waals surface area contributed by atoms with Gasteiger partial charge in [-0.2, -0.15) is 0 Å². The Hall–Kier alpha value is -1.55. The van der Waals surface area contributed by atoms with E-state index < -0.39 is 0 Å². The highest BCUT2D eigenvalue weighted by Gasteiger charge is 2.26. The van der Waals surface area contributed by atoms with Crippen molar-refractivity contribution in [3.05, 3.63) is 46.0 Å². The minimum atomic E-state index is -0.166. The van der Waals surface area contributed by atoms with Gasteiger partial charge in [0.1, 0.15) is 4.88 Å². The number of hydrogen-bond donors (Lipinski definition) is 0. The number of ketones is 1. The zero-order valence-corrected chi connectivity index (χ0v) is 12.5. The first kappa shape index (κ1) is 13.9. The molecule has 0 radical (unpaired) electrons. The second-order valence-electron chi connectivity index (χ2n) is 5.58. The zero-order chi connectivity index (χ0) is 14.0. The molecule has 0 saturated carbocycles. The maximum Gasteiger partial charge on any atom is 0.206 e. The lowest BCUT2D eigenvalue weighted by Gasteiger charge is -2.16. The van der Waals surface area contributed by atoms with Crippen LogP contribution < -0.4 is 0 Å². The predicted molar refractivity (Wildman–Crippen MR) is 77.9 cm³/mol. The molecule has 1 heterocycles. The fourth-order valence-corrected chi connectivity index (χ4v) is 2.73. The first-order chi connectivity index (χ1) is 8.93. The summed E-state index contributed by atoms with van der Waals surface area (Å²) in [5.41, 5.74) is 2.50. The van der Waals surface area contributed by atoms with Gasteiger partial charge in [-0.1, -0.05) is 50.4 Å². The Labute approximate surface area is 117 Å². The van der Waals surface area contributed by atoms with Crippen molar-refractivity contribution in [3.63, 3.8) is 0 Å². The third-order valence-corrected chi connectivity index (χ3v) is 3.73. The quantitative estimate of drug-likeness (QED) is 0.803. The summed E-state index contributed by atoms with van der Waals surface area (Å²) in [6.07, 6.45) is 0.925. The lowest BCUT2D eigenvalue weighted by Crippen LogP contribution is -2.16. The molecule has 4 heteroatoms. The minimum Gasteiger partial charge on any atom is -0.288 e. The second-order valence-corrected chi connectivity index (χ2v) is 6.34. The topological polar surface area (TPSA) is 42.9 Å². The second kappa shape index (κ2) is 5.21. The lowest BCUT2D eigenvalue weighted by molar-refractivity contribution is 0.104. The number of carbonyl (C=O) groups is 1. The molecule has 19 heavy (non-hydrogen) atoms. The Morgan fingerprint density at radius 1 is 1.32 bits per heavy atom. The highest BCUT2D eigenvalue weighted by Crippen LogP contribution is 2.27. The third kappa shape index (κ3) is 2.89. The number of aryl methyl sites for hydroxylation is 1. The molecule has 100 valence electrons. The van der Waals surface area contributed by atoms with Crippen LogP contribution in [0, 0.1) is 0 Å². The molecule has 0 N–H and O–H groups in total. The number of nitrogens with zero attached hydrogens (tertiary/aromatic N) is 2. The van der Waals surface area contributed by atoms with Gasteiger partial charge in [0, 0.05) is 11.0 Å². The maximum atomic E-state index is 12.6. The molecule has 0 bridgehead atoms. The summed E-state index contributed by atoms with van der Waals surface area (Å²) in [5.74, 6) is 0.0234. The molecule has 0 aliphatic rings. The molecule has 0 spiro atoms. The Kier molecular flexibility index (Phi) is 3.80. The summed E-state index contributed by atoms with van der Waals surface area (Å²) in [6, 6.07) is 7.77. The molecule has 2 aromatic rings. The number of hydrogen-bond acceptors (Lipinski definition) is 4. The first-order valence-corrected chi connectivity index (χ1v) is 7.17. The van der Waals surface area contributed by atoms with Crippen LogP contribution in [0.3, 0.4) is 0 Å². The smallest absolute Gasteiger partial charge is 0.206 e. The fraction of sp³-hybridized carbons (Fsp3) is 0.400. The highest BCUT2D eigenvalue weighted by atomic mass is 32.1. The van der Waals surface area contributed by atoms with E-state index in [2.05, 4.69) is 16.5 Å². The minimum absolute atomic E-state index is 0.0234. The highest BCUT2D eigenvalue weighted by molar-refractivity contribution is 7.08. The van der Waals surface area contributed by atoms with Crippen LogP contribution in [0.1, 0.15) is 54.2 Å². The summed E-state index contributed by atoms with van der Waals surface area (Å²) in [5, 5.41) is 4.12. The average Bonchev–Trinajstić information content (AvgIpc) is 2.87. The molecule has 0 aliphatic carbocycles. The van der Waals surface area contributed by atoms with E-state index in [0.717, 1.165) is 17.7 Å². The summed E-state index contributed by atoms with van der Waals surface area (Å²) < 4.78 is 3.95. The van der Waals surface area contributed by atoms with Crippen LogP contribution in [0.2, 0.25) is 0 Å². The lowest BCUT2D eigenvalue weighted by atomic mass is 9.90. The fourth-order valence-electron chi connectivity index (χ4n) is 1.89. The van der Waals surface area contributed by atoms with Crippen LogP contribution in [0.4, 0.5) is 0 Å². The molecule has 3 nitrogen and oxygen atoms in total. The summed E-state index contributed by atoms with van der Waals surface area (Å²) >= 11 is 1.18. The Morgan fingerprint density at radius 3 is 2.68 bits per heavy atom. The van der Waals surface area contributed by atoms with Crippen LogP contribution in [0.15, 0.2) is 24.3 Å². The van der Waals surface area contributed by atoms with Gasteiger partial charge >= 0.3 is 0 Å². The normalized spacial score (nSPS) is 11.6. The van der Waals surface area contributed by atoms with Crippen molar-refractivity contribution in [3.8, 4) is 0 Å². The predicted octanol–water partition coefficient (Wildman–Crippen LogP) is 3.63. The van der Waals surface area contributed by atoms with Crippen molar-refractivity contribution in [2.75, 3.05) is 0 Å². The van der Waals surface area contributed by atoms with Gasteiger partial charge in [-0.15, -0.1) is 5.10 Å². The number of carbonyl (C=O) groups excluding carboxylic acids is 1. The van der Waals surface area contributed by atoms with Crippen LogP contribution in [-0.4, -0.2) is 15.4 Å². The van der Waals surface area contributed by atoms with Crippen LogP contribution in [-0.2, 0) is 11.8 Å². The van der Waals surface area contributed by atoms with Gasteiger partial charge in [-0.05, 0) is 29.6 Å². The number of benzene rings is 1. The molecule has 0 aliphatic heterocycles. The van der Waals surface area contributed by atoms with Crippen molar-refractivity contribution >= 4 is 17.3 Å². The molecule has 2 rings (SSSR count). The molecular weight excluding hydrogens is 256 g/mol. The van der Waals surface area contributed by atoms with Crippen LogP contribution in [0.25, 0.3) is 0 Å². The zero-order valence-electron chi connectivity index (χ0n) is 11.7. The van der Waals surface area contributed by atoms with E-state index in [0.29, 0.717) is 4.88 Å². The average molecular weight is 274 g/mol. The van der Waals surface area contributed by atoms with E-state index in [1.165, 1.54) is 17.1 Å². The third-order valence-electron chi connectivity index (χ3n) is 3.00. The molecule has 0 amide bonds.